The molecule has 2 heteroatoms. The molecule has 4 unspecified atom stereocenters. The minimum Gasteiger partial charge on any atom is -0.378 e. The molecule has 15 heavy (non-hydrogen) atoms. The molecular weight excluding hydrogens is 188 g/mol. The van der Waals surface area contributed by atoms with Crippen LogP contribution in [0.15, 0.2) is 0 Å². The predicted molar refractivity (Wildman–Crippen MR) is 58.8 cm³/mol. The summed E-state index contributed by atoms with van der Waals surface area (Å²) in [5.74, 6) is 1.98. The largest absolute Gasteiger partial charge is 0.378 e. The second-order valence-electron chi connectivity index (χ2n) is 5.59. The van der Waals surface area contributed by atoms with Gasteiger partial charge in [0.1, 0.15) is 0 Å². The lowest BCUT2D eigenvalue weighted by atomic mass is 10.0. The molecule has 0 spiro atoms. The Balaban J connectivity index is 0.0000000971. The van der Waals surface area contributed by atoms with Crippen molar-refractivity contribution in [3.8, 4) is 0 Å². The molecule has 2 heterocycles. The fourth-order valence-electron chi connectivity index (χ4n) is 3.45. The summed E-state index contributed by atoms with van der Waals surface area (Å²) in [6.45, 7) is 2.10. The van der Waals surface area contributed by atoms with Crippen LogP contribution in [0.5, 0.6) is 0 Å². The highest BCUT2D eigenvalue weighted by atomic mass is 16.5. The number of hydrogen-bond acceptors (Lipinski definition) is 2. The highest BCUT2D eigenvalue weighted by Crippen LogP contribution is 2.34. The zero-order chi connectivity index (χ0) is 10.1. The third kappa shape index (κ3) is 2.36. The fourth-order valence-corrected chi connectivity index (χ4v) is 3.45. The highest BCUT2D eigenvalue weighted by molar-refractivity contribution is 4.81. The Morgan fingerprint density at radius 2 is 1.40 bits per heavy atom. The molecule has 0 aromatic carbocycles. The average Bonchev–Trinajstić information content (AvgIpc) is 2.97. The van der Waals surface area contributed by atoms with Gasteiger partial charge >= 0.3 is 0 Å². The van der Waals surface area contributed by atoms with Gasteiger partial charge in [0, 0.05) is 13.2 Å². The van der Waals surface area contributed by atoms with Crippen molar-refractivity contribution in [3.05, 3.63) is 0 Å². The van der Waals surface area contributed by atoms with E-state index in [1.807, 2.05) is 0 Å². The normalized spacial score (nSPS) is 46.4. The zero-order valence-corrected chi connectivity index (χ0v) is 9.49. The van der Waals surface area contributed by atoms with Crippen molar-refractivity contribution in [1.29, 1.82) is 0 Å². The molecule has 2 saturated carbocycles. The smallest absolute Gasteiger partial charge is 0.0578 e. The molecule has 4 atom stereocenters. The van der Waals surface area contributed by atoms with E-state index in [-0.39, 0.29) is 0 Å². The quantitative estimate of drug-likeness (QED) is 0.612. The average molecular weight is 210 g/mol. The monoisotopic (exact) mass is 210 g/mol. The fraction of sp³-hybridized carbons (Fsp3) is 1.00. The molecule has 0 radical (unpaired) electrons. The van der Waals surface area contributed by atoms with Crippen LogP contribution in [-0.4, -0.2) is 25.4 Å². The Hall–Kier alpha value is -0.0800. The van der Waals surface area contributed by atoms with Crippen molar-refractivity contribution in [2.24, 2.45) is 11.8 Å². The van der Waals surface area contributed by atoms with Gasteiger partial charge in [0.15, 0.2) is 0 Å². The molecule has 4 fully saturated rings. The molecular formula is C13H22O2. The van der Waals surface area contributed by atoms with Gasteiger partial charge in [-0.15, -0.1) is 0 Å². The molecule has 0 aromatic rings. The summed E-state index contributed by atoms with van der Waals surface area (Å²) in [6.07, 6.45) is 10.9. The van der Waals surface area contributed by atoms with Crippen molar-refractivity contribution < 1.29 is 9.47 Å². The van der Waals surface area contributed by atoms with Gasteiger partial charge < -0.3 is 9.47 Å². The molecule has 2 nitrogen and oxygen atoms in total. The number of ether oxygens (including phenoxy) is 2. The first-order valence-corrected chi connectivity index (χ1v) is 6.63. The molecule has 2 saturated heterocycles. The topological polar surface area (TPSA) is 18.5 Å². The SMILES string of the molecule is C1CC2CC1CO2.C1CC2CCC(C2)O1. The minimum absolute atomic E-state index is 0.661. The van der Waals surface area contributed by atoms with Crippen molar-refractivity contribution in [2.45, 2.75) is 57.2 Å². The van der Waals surface area contributed by atoms with Gasteiger partial charge in [-0.25, -0.2) is 0 Å². The van der Waals surface area contributed by atoms with Gasteiger partial charge in [-0.1, -0.05) is 0 Å². The molecule has 0 N–H and O–H groups in total. The molecule has 2 aliphatic heterocycles. The standard InChI is InChI=1S/C7H12O.C6H10O/c1-2-7-5-6(1)3-4-8-7;1-2-6-3-5(1)4-7-6/h6-7H,1-5H2;5-6H,1-4H2. The summed E-state index contributed by atoms with van der Waals surface area (Å²) in [6, 6.07) is 0. The van der Waals surface area contributed by atoms with Crippen LogP contribution in [0.3, 0.4) is 0 Å². The maximum absolute atomic E-state index is 5.47. The van der Waals surface area contributed by atoms with E-state index in [9.17, 15) is 0 Å². The molecule has 4 bridgehead atoms. The Labute approximate surface area is 92.3 Å². The second kappa shape index (κ2) is 4.42. The number of rotatable bonds is 0. The van der Waals surface area contributed by atoms with Gasteiger partial charge in [0.05, 0.1) is 12.2 Å². The third-order valence-electron chi connectivity index (χ3n) is 4.43. The highest BCUT2D eigenvalue weighted by Gasteiger charge is 2.31. The number of fused-ring (bicyclic) bond motifs is 4. The summed E-state index contributed by atoms with van der Waals surface area (Å²) in [4.78, 5) is 0. The van der Waals surface area contributed by atoms with E-state index in [1.165, 1.54) is 44.9 Å². The van der Waals surface area contributed by atoms with E-state index < -0.39 is 0 Å². The van der Waals surface area contributed by atoms with E-state index in [1.54, 1.807) is 0 Å². The lowest BCUT2D eigenvalue weighted by molar-refractivity contribution is 0.0256. The van der Waals surface area contributed by atoms with E-state index in [0.29, 0.717) is 12.2 Å². The summed E-state index contributed by atoms with van der Waals surface area (Å²) >= 11 is 0. The van der Waals surface area contributed by atoms with Crippen molar-refractivity contribution >= 4 is 0 Å². The Bertz CT molecular complexity index is 185. The summed E-state index contributed by atoms with van der Waals surface area (Å²) < 4.78 is 10.8. The lowest BCUT2D eigenvalue weighted by Crippen LogP contribution is -2.16. The Morgan fingerprint density at radius 1 is 0.667 bits per heavy atom. The Kier molecular flexibility index (Phi) is 2.98. The van der Waals surface area contributed by atoms with Crippen molar-refractivity contribution in [3.63, 3.8) is 0 Å². The third-order valence-corrected chi connectivity index (χ3v) is 4.43. The van der Waals surface area contributed by atoms with Gasteiger partial charge in [-0.2, -0.15) is 0 Å². The maximum Gasteiger partial charge on any atom is 0.0578 e. The summed E-state index contributed by atoms with van der Waals surface area (Å²) in [7, 11) is 0. The maximum atomic E-state index is 5.47. The molecule has 0 amide bonds. The first kappa shape index (κ1) is 10.1. The molecule has 4 aliphatic rings. The van der Waals surface area contributed by atoms with Crippen LogP contribution in [0.25, 0.3) is 0 Å². The van der Waals surface area contributed by atoms with Crippen LogP contribution in [0.1, 0.15) is 44.9 Å². The van der Waals surface area contributed by atoms with E-state index >= 15 is 0 Å². The van der Waals surface area contributed by atoms with Crippen LogP contribution in [0.4, 0.5) is 0 Å². The van der Waals surface area contributed by atoms with Gasteiger partial charge in [0.2, 0.25) is 0 Å². The summed E-state index contributed by atoms with van der Waals surface area (Å²) in [5.41, 5.74) is 0. The zero-order valence-electron chi connectivity index (χ0n) is 9.49. The minimum atomic E-state index is 0.661. The van der Waals surface area contributed by atoms with E-state index in [4.69, 9.17) is 9.47 Å². The molecule has 4 rings (SSSR count). The van der Waals surface area contributed by atoms with Gasteiger partial charge in [-0.05, 0) is 56.8 Å². The van der Waals surface area contributed by atoms with E-state index in [2.05, 4.69) is 0 Å². The lowest BCUT2D eigenvalue weighted by Gasteiger charge is -2.18. The second-order valence-corrected chi connectivity index (χ2v) is 5.59. The number of hydrogen-bond donors (Lipinski definition) is 0. The van der Waals surface area contributed by atoms with Crippen LogP contribution < -0.4 is 0 Å². The Morgan fingerprint density at radius 3 is 1.80 bits per heavy atom. The van der Waals surface area contributed by atoms with Crippen LogP contribution >= 0.6 is 0 Å². The van der Waals surface area contributed by atoms with Crippen molar-refractivity contribution in [2.75, 3.05) is 13.2 Å². The molecule has 86 valence electrons. The summed E-state index contributed by atoms with van der Waals surface area (Å²) in [5, 5.41) is 0. The van der Waals surface area contributed by atoms with Crippen LogP contribution in [0.2, 0.25) is 0 Å². The van der Waals surface area contributed by atoms with E-state index in [0.717, 1.165) is 25.0 Å². The van der Waals surface area contributed by atoms with Gasteiger partial charge in [-0.3, -0.25) is 0 Å². The van der Waals surface area contributed by atoms with Crippen LogP contribution in [0, 0.1) is 11.8 Å². The van der Waals surface area contributed by atoms with Gasteiger partial charge in [0.25, 0.3) is 0 Å². The first-order valence-electron chi connectivity index (χ1n) is 6.63. The first-order chi connectivity index (χ1) is 7.40. The molecule has 0 aromatic heterocycles. The van der Waals surface area contributed by atoms with Crippen LogP contribution in [-0.2, 0) is 9.47 Å². The predicted octanol–water partition coefficient (Wildman–Crippen LogP) is 2.76. The molecule has 2 aliphatic carbocycles. The van der Waals surface area contributed by atoms with Crippen molar-refractivity contribution in [1.82, 2.24) is 0 Å².